The van der Waals surface area contributed by atoms with Crippen molar-refractivity contribution in [2.75, 3.05) is 0 Å². The summed E-state index contributed by atoms with van der Waals surface area (Å²) < 4.78 is 12.1. The van der Waals surface area contributed by atoms with E-state index in [0.717, 1.165) is 12.8 Å². The summed E-state index contributed by atoms with van der Waals surface area (Å²) in [7, 11) is 0. The van der Waals surface area contributed by atoms with Crippen LogP contribution in [0.1, 0.15) is 43.9 Å². The Morgan fingerprint density at radius 1 is 0.912 bits per heavy atom. The number of ether oxygens (including phenoxy) is 1. The summed E-state index contributed by atoms with van der Waals surface area (Å²) in [5.74, 6) is 0.285. The molecule has 1 aliphatic carbocycles. The molecule has 174 valence electrons. The largest absolute Gasteiger partial charge is 0.504 e. The van der Waals surface area contributed by atoms with E-state index in [9.17, 15) is 20.1 Å². The van der Waals surface area contributed by atoms with Crippen LogP contribution in [-0.4, -0.2) is 15.3 Å². The van der Waals surface area contributed by atoms with Crippen LogP contribution in [0.4, 0.5) is 0 Å². The average molecular weight is 459 g/mol. The molecule has 0 aliphatic heterocycles. The Kier molecular flexibility index (Phi) is 5.44. The predicted octanol–water partition coefficient (Wildman–Crippen LogP) is 6.45. The molecule has 1 fully saturated rings. The van der Waals surface area contributed by atoms with Crippen molar-refractivity contribution >= 4 is 11.0 Å². The number of hydrogen-bond acceptors (Lipinski definition) is 6. The van der Waals surface area contributed by atoms with Crippen molar-refractivity contribution < 1.29 is 24.5 Å². The van der Waals surface area contributed by atoms with E-state index in [0.29, 0.717) is 40.4 Å². The first kappa shape index (κ1) is 21.9. The molecule has 4 aromatic rings. The molecule has 3 aromatic carbocycles. The van der Waals surface area contributed by atoms with E-state index in [4.69, 9.17) is 9.15 Å². The fourth-order valence-corrected chi connectivity index (χ4v) is 4.28. The van der Waals surface area contributed by atoms with Crippen molar-refractivity contribution in [2.45, 2.75) is 39.0 Å². The average Bonchev–Trinajstić information content (AvgIpc) is 3.67. The minimum atomic E-state index is -0.702. The van der Waals surface area contributed by atoms with Crippen LogP contribution in [0.3, 0.4) is 0 Å². The van der Waals surface area contributed by atoms with Gasteiger partial charge in [-0.15, -0.1) is 0 Å². The highest BCUT2D eigenvalue weighted by atomic mass is 16.5. The molecule has 0 amide bonds. The Morgan fingerprint density at radius 2 is 1.56 bits per heavy atom. The molecule has 34 heavy (non-hydrogen) atoms. The number of hydrogen-bond donors (Lipinski definition) is 3. The third-order valence-electron chi connectivity index (χ3n) is 6.07. The van der Waals surface area contributed by atoms with Gasteiger partial charge in [-0.1, -0.05) is 44.2 Å². The summed E-state index contributed by atoms with van der Waals surface area (Å²) in [6.45, 7) is 3.92. The Bertz CT molecular complexity index is 1410. The minimum absolute atomic E-state index is 0.0948. The van der Waals surface area contributed by atoms with E-state index in [1.54, 1.807) is 24.3 Å². The van der Waals surface area contributed by atoms with Crippen molar-refractivity contribution in [1.82, 2.24) is 0 Å². The van der Waals surface area contributed by atoms with Gasteiger partial charge in [0.05, 0.1) is 5.56 Å². The summed E-state index contributed by atoms with van der Waals surface area (Å²) in [5, 5.41) is 31.4. The van der Waals surface area contributed by atoms with Gasteiger partial charge in [0.15, 0.2) is 11.5 Å². The highest BCUT2D eigenvalue weighted by Crippen LogP contribution is 2.49. The second-order valence-corrected chi connectivity index (χ2v) is 9.21. The number of benzene rings is 3. The zero-order chi connectivity index (χ0) is 24.0. The molecule has 6 nitrogen and oxygen atoms in total. The Balaban J connectivity index is 1.68. The highest BCUT2D eigenvalue weighted by molar-refractivity contribution is 5.94. The van der Waals surface area contributed by atoms with Crippen molar-refractivity contribution in [2.24, 2.45) is 5.92 Å². The van der Waals surface area contributed by atoms with Crippen molar-refractivity contribution in [3.63, 3.8) is 0 Å². The zero-order valence-electron chi connectivity index (χ0n) is 19.0. The highest BCUT2D eigenvalue weighted by Gasteiger charge is 2.34. The molecule has 0 radical (unpaired) electrons. The minimum Gasteiger partial charge on any atom is -0.504 e. The van der Waals surface area contributed by atoms with Crippen LogP contribution >= 0.6 is 0 Å². The fourth-order valence-electron chi connectivity index (χ4n) is 4.28. The molecule has 0 unspecified atom stereocenters. The fraction of sp³-hybridized carbons (Fsp3) is 0.250. The maximum absolute atomic E-state index is 13.7. The summed E-state index contributed by atoms with van der Waals surface area (Å²) >= 11 is 0. The maximum atomic E-state index is 13.7. The van der Waals surface area contributed by atoms with Crippen molar-refractivity contribution in [1.29, 1.82) is 0 Å². The van der Waals surface area contributed by atoms with Gasteiger partial charge < -0.3 is 24.5 Å². The first-order valence-corrected chi connectivity index (χ1v) is 11.4. The van der Waals surface area contributed by atoms with Gasteiger partial charge in [-0.25, -0.2) is 0 Å². The monoisotopic (exact) mass is 458 g/mol. The van der Waals surface area contributed by atoms with Gasteiger partial charge in [-0.2, -0.15) is 0 Å². The van der Waals surface area contributed by atoms with Crippen LogP contribution < -0.4 is 10.2 Å². The first-order valence-electron chi connectivity index (χ1n) is 11.4. The smallest absolute Gasteiger partial charge is 0.204 e. The lowest BCUT2D eigenvalue weighted by Crippen LogP contribution is -2.11. The zero-order valence-corrected chi connectivity index (χ0v) is 19.0. The quantitative estimate of drug-likeness (QED) is 0.287. The van der Waals surface area contributed by atoms with Crippen molar-refractivity contribution in [3.05, 3.63) is 76.1 Å². The molecule has 1 saturated carbocycles. The number of phenols is 3. The normalized spacial score (nSPS) is 13.5. The Labute approximate surface area is 196 Å². The van der Waals surface area contributed by atoms with Gasteiger partial charge in [0.25, 0.3) is 0 Å². The molecule has 5 rings (SSSR count). The lowest BCUT2D eigenvalue weighted by Gasteiger charge is -2.16. The molecule has 1 heterocycles. The van der Waals surface area contributed by atoms with Crippen LogP contribution in [0, 0.1) is 5.92 Å². The maximum Gasteiger partial charge on any atom is 0.204 e. The van der Waals surface area contributed by atoms with Gasteiger partial charge in [0.2, 0.25) is 11.2 Å². The van der Waals surface area contributed by atoms with Crippen LogP contribution in [-0.2, 0) is 6.42 Å². The molecular weight excluding hydrogens is 432 g/mol. The molecule has 6 heteroatoms. The topological polar surface area (TPSA) is 100 Å². The lowest BCUT2D eigenvalue weighted by atomic mass is 9.95. The van der Waals surface area contributed by atoms with Gasteiger partial charge in [-0.05, 0) is 55.0 Å². The molecule has 0 spiro atoms. The number of rotatable bonds is 6. The molecule has 1 aliphatic rings. The van der Waals surface area contributed by atoms with Crippen LogP contribution in [0.5, 0.6) is 28.7 Å². The van der Waals surface area contributed by atoms with Crippen LogP contribution in [0.15, 0.2) is 63.8 Å². The van der Waals surface area contributed by atoms with E-state index < -0.39 is 22.7 Å². The van der Waals surface area contributed by atoms with Crippen LogP contribution in [0.25, 0.3) is 22.1 Å². The number of para-hydroxylation sites is 1. The van der Waals surface area contributed by atoms with E-state index in [-0.39, 0.29) is 22.8 Å². The van der Waals surface area contributed by atoms with Gasteiger partial charge in [0, 0.05) is 11.5 Å². The molecule has 0 saturated heterocycles. The lowest BCUT2D eigenvalue weighted by molar-refractivity contribution is 0.365. The number of fused-ring (bicyclic) bond motifs is 1. The van der Waals surface area contributed by atoms with E-state index >= 15 is 0 Å². The molecular formula is C28H26O6. The van der Waals surface area contributed by atoms with Gasteiger partial charge in [0.1, 0.15) is 28.2 Å². The summed E-state index contributed by atoms with van der Waals surface area (Å²) in [5.41, 5.74) is 1.03. The second-order valence-electron chi connectivity index (χ2n) is 9.21. The van der Waals surface area contributed by atoms with E-state index in [2.05, 4.69) is 0 Å². The third kappa shape index (κ3) is 3.85. The number of phenolic OH excluding ortho intramolecular Hbond substituents is 3. The Morgan fingerprint density at radius 3 is 2.18 bits per heavy atom. The standard InChI is InChI=1S/C28H26O6/c1-15(2)14-20-23(29)26(32)25(31)22-24(30)21(27(17-8-9-17)34-28(20)22)16-10-12-19(13-11-16)33-18-6-4-3-5-7-18/h3-7,10-13,15,17,29,31-32H,8-9,14H2,1-2H3. The summed E-state index contributed by atoms with van der Waals surface area (Å²) in [6.07, 6.45) is 2.17. The summed E-state index contributed by atoms with van der Waals surface area (Å²) in [4.78, 5) is 13.7. The molecule has 0 bridgehead atoms. The third-order valence-corrected chi connectivity index (χ3v) is 6.07. The first-order chi connectivity index (χ1) is 16.3. The SMILES string of the molecule is CC(C)Cc1c(O)c(O)c(O)c2c(=O)c(-c3ccc(Oc4ccccc4)cc3)c(C3CC3)oc12. The van der Waals surface area contributed by atoms with Crippen molar-refractivity contribution in [3.8, 4) is 39.9 Å². The number of aromatic hydroxyl groups is 3. The van der Waals surface area contributed by atoms with E-state index in [1.165, 1.54) is 0 Å². The van der Waals surface area contributed by atoms with Crippen LogP contribution in [0.2, 0.25) is 0 Å². The van der Waals surface area contributed by atoms with Gasteiger partial charge >= 0.3 is 0 Å². The second kappa shape index (κ2) is 8.45. The predicted molar refractivity (Wildman–Crippen MR) is 130 cm³/mol. The Hall–Kier alpha value is -3.93. The van der Waals surface area contributed by atoms with E-state index in [1.807, 2.05) is 44.2 Å². The van der Waals surface area contributed by atoms with Gasteiger partial charge in [-0.3, -0.25) is 4.79 Å². The molecule has 1 aromatic heterocycles. The molecule has 0 atom stereocenters. The molecule has 3 N–H and O–H groups in total. The summed E-state index contributed by atoms with van der Waals surface area (Å²) in [6, 6.07) is 16.5.